The summed E-state index contributed by atoms with van der Waals surface area (Å²) < 4.78 is 5.13. The van der Waals surface area contributed by atoms with Crippen LogP contribution in [0.3, 0.4) is 0 Å². The fourth-order valence-corrected chi connectivity index (χ4v) is 1.90. The Morgan fingerprint density at radius 2 is 2.25 bits per heavy atom. The van der Waals surface area contributed by atoms with E-state index in [1.807, 2.05) is 25.1 Å². The lowest BCUT2D eigenvalue weighted by atomic mass is 10.1. The summed E-state index contributed by atoms with van der Waals surface area (Å²) >= 11 is 3.29. The van der Waals surface area contributed by atoms with Crippen LogP contribution in [-0.4, -0.2) is 22.7 Å². The van der Waals surface area contributed by atoms with Gasteiger partial charge in [0, 0.05) is 28.7 Å². The minimum atomic E-state index is -0.173. The highest BCUT2D eigenvalue weighted by molar-refractivity contribution is 9.10. The van der Waals surface area contributed by atoms with Crippen LogP contribution >= 0.6 is 15.9 Å². The lowest BCUT2D eigenvalue weighted by molar-refractivity contribution is 0.0997. The molecule has 1 atom stereocenters. The molecule has 0 saturated heterocycles. The van der Waals surface area contributed by atoms with Gasteiger partial charge in [-0.15, -0.1) is 0 Å². The number of ether oxygens (including phenoxy) is 1. The molecule has 1 aromatic carbocycles. The number of hydrogen-bond acceptors (Lipinski definition) is 2. The Bertz CT molecular complexity index is 531. The predicted octanol–water partition coefficient (Wildman–Crippen LogP) is 3.14. The number of fused-ring (bicyclic) bond motifs is 1. The number of carbonyl (C=O) groups is 1. The van der Waals surface area contributed by atoms with Crippen LogP contribution in [0.4, 0.5) is 0 Å². The number of Topliss-reactive ketones (excluding diaryl/α,β-unsaturated/α-hetero) is 1. The summed E-state index contributed by atoms with van der Waals surface area (Å²) in [5, 5.41) is 0.928. The topological polar surface area (TPSA) is 42.1 Å². The summed E-state index contributed by atoms with van der Waals surface area (Å²) in [6.07, 6.45) is 1.74. The van der Waals surface area contributed by atoms with Crippen molar-refractivity contribution in [2.75, 3.05) is 7.11 Å². The van der Waals surface area contributed by atoms with E-state index in [9.17, 15) is 4.79 Å². The molecule has 0 saturated carbocycles. The van der Waals surface area contributed by atoms with Crippen LogP contribution in [0.5, 0.6) is 5.75 Å². The molecule has 0 aliphatic heterocycles. The summed E-state index contributed by atoms with van der Waals surface area (Å²) in [7, 11) is 1.62. The molecule has 1 heterocycles. The van der Waals surface area contributed by atoms with Crippen LogP contribution in [-0.2, 0) is 0 Å². The Morgan fingerprint density at radius 3 is 2.88 bits per heavy atom. The largest absolute Gasteiger partial charge is 0.497 e. The third-order valence-electron chi connectivity index (χ3n) is 2.52. The molecular formula is C12H12BrNO2. The van der Waals surface area contributed by atoms with Crippen molar-refractivity contribution in [3.63, 3.8) is 0 Å². The number of aromatic amines is 1. The zero-order valence-electron chi connectivity index (χ0n) is 9.08. The van der Waals surface area contributed by atoms with E-state index >= 15 is 0 Å². The van der Waals surface area contributed by atoms with Crippen LogP contribution < -0.4 is 4.74 Å². The minimum absolute atomic E-state index is 0.0800. The number of alkyl halides is 1. The van der Waals surface area contributed by atoms with E-state index in [0.29, 0.717) is 5.56 Å². The monoisotopic (exact) mass is 281 g/mol. The van der Waals surface area contributed by atoms with E-state index in [1.54, 1.807) is 13.3 Å². The van der Waals surface area contributed by atoms with E-state index < -0.39 is 0 Å². The molecular weight excluding hydrogens is 270 g/mol. The third kappa shape index (κ3) is 1.85. The highest BCUT2D eigenvalue weighted by Gasteiger charge is 2.16. The maximum absolute atomic E-state index is 11.9. The number of benzene rings is 1. The van der Waals surface area contributed by atoms with Gasteiger partial charge in [-0.2, -0.15) is 0 Å². The van der Waals surface area contributed by atoms with Gasteiger partial charge < -0.3 is 9.72 Å². The van der Waals surface area contributed by atoms with Crippen molar-refractivity contribution in [2.45, 2.75) is 11.8 Å². The first-order valence-electron chi connectivity index (χ1n) is 4.97. The molecule has 0 amide bonds. The first kappa shape index (κ1) is 11.2. The Morgan fingerprint density at radius 1 is 1.50 bits per heavy atom. The van der Waals surface area contributed by atoms with Gasteiger partial charge in [0.25, 0.3) is 0 Å². The molecule has 16 heavy (non-hydrogen) atoms. The molecule has 0 aliphatic carbocycles. The zero-order valence-corrected chi connectivity index (χ0v) is 10.7. The van der Waals surface area contributed by atoms with Crippen molar-refractivity contribution in [1.82, 2.24) is 4.98 Å². The number of carbonyl (C=O) groups excluding carboxylic acids is 1. The van der Waals surface area contributed by atoms with Gasteiger partial charge in [-0.25, -0.2) is 0 Å². The van der Waals surface area contributed by atoms with E-state index in [-0.39, 0.29) is 10.6 Å². The number of hydrogen-bond donors (Lipinski definition) is 1. The van der Waals surface area contributed by atoms with Gasteiger partial charge in [0.15, 0.2) is 5.78 Å². The second-order valence-electron chi connectivity index (χ2n) is 3.59. The normalized spacial score (nSPS) is 12.7. The van der Waals surface area contributed by atoms with Crippen molar-refractivity contribution in [2.24, 2.45) is 0 Å². The molecule has 3 nitrogen and oxygen atoms in total. The molecule has 4 heteroatoms. The Balaban J connectivity index is 2.53. The number of methoxy groups -OCH3 is 1. The second kappa shape index (κ2) is 4.29. The number of aromatic nitrogens is 1. The van der Waals surface area contributed by atoms with Crippen molar-refractivity contribution in [1.29, 1.82) is 0 Å². The number of rotatable bonds is 3. The summed E-state index contributed by atoms with van der Waals surface area (Å²) in [6.45, 7) is 1.82. The van der Waals surface area contributed by atoms with Crippen LogP contribution in [0, 0.1) is 0 Å². The van der Waals surface area contributed by atoms with Gasteiger partial charge in [-0.3, -0.25) is 4.79 Å². The van der Waals surface area contributed by atoms with Gasteiger partial charge >= 0.3 is 0 Å². The number of nitrogens with one attached hydrogen (secondary N) is 1. The SMILES string of the molecule is COc1ccc2c(C(=O)C(C)Br)c[nH]c2c1. The lowest BCUT2D eigenvalue weighted by Gasteiger charge is -2.02. The maximum Gasteiger partial charge on any atom is 0.178 e. The quantitative estimate of drug-likeness (QED) is 0.694. The van der Waals surface area contributed by atoms with Gasteiger partial charge in [-0.1, -0.05) is 15.9 Å². The summed E-state index contributed by atoms with van der Waals surface area (Å²) in [6, 6.07) is 5.63. The molecule has 0 bridgehead atoms. The first-order chi connectivity index (χ1) is 7.63. The van der Waals surface area contributed by atoms with E-state index in [4.69, 9.17) is 4.74 Å². The van der Waals surface area contributed by atoms with Crippen molar-refractivity contribution >= 4 is 32.6 Å². The van der Waals surface area contributed by atoms with E-state index in [2.05, 4.69) is 20.9 Å². The molecule has 84 valence electrons. The number of halogens is 1. The van der Waals surface area contributed by atoms with Gasteiger partial charge in [0.1, 0.15) is 5.75 Å². The molecule has 0 fully saturated rings. The zero-order chi connectivity index (χ0) is 11.7. The fraction of sp³-hybridized carbons (Fsp3) is 0.250. The summed E-state index contributed by atoms with van der Waals surface area (Å²) in [5.41, 5.74) is 1.62. The van der Waals surface area contributed by atoms with Gasteiger partial charge in [-0.05, 0) is 19.1 Å². The minimum Gasteiger partial charge on any atom is -0.497 e. The molecule has 2 rings (SSSR count). The van der Waals surface area contributed by atoms with Gasteiger partial charge in [0.2, 0.25) is 0 Å². The van der Waals surface area contributed by atoms with Crippen molar-refractivity contribution < 1.29 is 9.53 Å². The molecule has 0 spiro atoms. The summed E-state index contributed by atoms with van der Waals surface area (Å²) in [4.78, 5) is 14.8. The first-order valence-corrected chi connectivity index (χ1v) is 5.88. The number of ketones is 1. The van der Waals surface area contributed by atoms with E-state index in [1.165, 1.54) is 0 Å². The molecule has 1 aromatic heterocycles. The second-order valence-corrected chi connectivity index (χ2v) is 4.97. The van der Waals surface area contributed by atoms with Gasteiger partial charge in [0.05, 0.1) is 11.9 Å². The Hall–Kier alpha value is -1.29. The highest BCUT2D eigenvalue weighted by Crippen LogP contribution is 2.24. The Kier molecular flexibility index (Phi) is 3.01. The maximum atomic E-state index is 11.9. The molecule has 1 N–H and O–H groups in total. The van der Waals surface area contributed by atoms with Crippen LogP contribution in [0.2, 0.25) is 0 Å². The highest BCUT2D eigenvalue weighted by atomic mass is 79.9. The summed E-state index contributed by atoms with van der Waals surface area (Å²) in [5.74, 6) is 0.858. The van der Waals surface area contributed by atoms with Crippen molar-refractivity contribution in [3.8, 4) is 5.75 Å². The molecule has 0 radical (unpaired) electrons. The molecule has 1 unspecified atom stereocenters. The average Bonchev–Trinajstić information content (AvgIpc) is 2.70. The molecule has 2 aromatic rings. The third-order valence-corrected chi connectivity index (χ3v) is 2.93. The standard InChI is InChI=1S/C12H12BrNO2/c1-7(13)12(15)10-6-14-11-5-8(16-2)3-4-9(10)11/h3-7,14H,1-2H3. The predicted molar refractivity (Wildman–Crippen MR) is 67.6 cm³/mol. The Labute approximate surface area is 102 Å². The van der Waals surface area contributed by atoms with E-state index in [0.717, 1.165) is 16.7 Å². The fourth-order valence-electron chi connectivity index (χ4n) is 1.65. The van der Waals surface area contributed by atoms with Crippen LogP contribution in [0.1, 0.15) is 17.3 Å². The lowest BCUT2D eigenvalue weighted by Crippen LogP contribution is -2.08. The average molecular weight is 282 g/mol. The molecule has 0 aliphatic rings. The smallest absolute Gasteiger partial charge is 0.178 e. The van der Waals surface area contributed by atoms with Crippen LogP contribution in [0.15, 0.2) is 24.4 Å². The van der Waals surface area contributed by atoms with Crippen molar-refractivity contribution in [3.05, 3.63) is 30.0 Å². The number of H-pyrrole nitrogens is 1. The van der Waals surface area contributed by atoms with Crippen LogP contribution in [0.25, 0.3) is 10.9 Å².